The summed E-state index contributed by atoms with van der Waals surface area (Å²) >= 11 is 0. The van der Waals surface area contributed by atoms with Crippen molar-refractivity contribution in [3.05, 3.63) is 24.2 Å². The van der Waals surface area contributed by atoms with E-state index in [1.807, 2.05) is 6.07 Å². The molecule has 0 bridgehead atoms. The lowest BCUT2D eigenvalue weighted by Crippen LogP contribution is -2.46. The Morgan fingerprint density at radius 1 is 1.46 bits per heavy atom. The van der Waals surface area contributed by atoms with E-state index in [4.69, 9.17) is 19.9 Å². The maximum Gasteiger partial charge on any atom is 0.508 e. The molecule has 1 saturated carbocycles. The van der Waals surface area contributed by atoms with E-state index in [1.165, 1.54) is 10.8 Å². The molecule has 0 amide bonds. The second-order valence-corrected chi connectivity index (χ2v) is 6.89. The molecule has 2 aliphatic rings. The normalized spacial score (nSPS) is 30.0. The highest BCUT2D eigenvalue weighted by atomic mass is 16.7. The van der Waals surface area contributed by atoms with E-state index in [-0.39, 0.29) is 11.9 Å². The Morgan fingerprint density at radius 2 is 2.25 bits per heavy atom. The van der Waals surface area contributed by atoms with Crippen molar-refractivity contribution >= 4 is 17.5 Å². The Labute approximate surface area is 159 Å². The summed E-state index contributed by atoms with van der Waals surface area (Å²) in [7, 11) is 0. The van der Waals surface area contributed by atoms with Crippen molar-refractivity contribution in [2.45, 2.75) is 49.3 Å². The second-order valence-electron chi connectivity index (χ2n) is 6.89. The third-order valence-corrected chi connectivity index (χ3v) is 5.16. The highest BCUT2D eigenvalue weighted by molar-refractivity contribution is 5.65. The van der Waals surface area contributed by atoms with Crippen LogP contribution in [-0.2, 0) is 14.2 Å². The molecule has 2 fully saturated rings. The van der Waals surface area contributed by atoms with Gasteiger partial charge in [0.05, 0.1) is 5.69 Å². The van der Waals surface area contributed by atoms with Gasteiger partial charge < -0.3 is 30.2 Å². The minimum Gasteiger partial charge on any atom is -0.431 e. The molecule has 4 N–H and O–H groups in total. The van der Waals surface area contributed by atoms with Crippen LogP contribution in [0.2, 0.25) is 0 Å². The van der Waals surface area contributed by atoms with Gasteiger partial charge in [-0.1, -0.05) is 0 Å². The van der Waals surface area contributed by atoms with Crippen molar-refractivity contribution < 1.29 is 29.2 Å². The molecule has 2 aromatic rings. The number of carbonyl (C=O) groups is 1. The molecule has 2 aromatic heterocycles. The monoisotopic (exact) mass is 389 g/mol. The zero-order chi connectivity index (χ0) is 19.9. The van der Waals surface area contributed by atoms with Crippen LogP contribution >= 0.6 is 0 Å². The third kappa shape index (κ3) is 2.91. The second kappa shape index (κ2) is 6.90. The van der Waals surface area contributed by atoms with Crippen molar-refractivity contribution in [1.82, 2.24) is 14.6 Å². The lowest BCUT2D eigenvalue weighted by molar-refractivity contribution is -0.0920. The fourth-order valence-electron chi connectivity index (χ4n) is 3.30. The molecule has 1 saturated heterocycles. The third-order valence-electron chi connectivity index (χ3n) is 5.16. The van der Waals surface area contributed by atoms with E-state index < -0.39 is 36.7 Å². The van der Waals surface area contributed by atoms with Crippen LogP contribution < -0.4 is 5.73 Å². The van der Waals surface area contributed by atoms with Gasteiger partial charge in [-0.05, 0) is 31.4 Å². The van der Waals surface area contributed by atoms with E-state index >= 15 is 0 Å². The first-order valence-corrected chi connectivity index (χ1v) is 8.82. The van der Waals surface area contributed by atoms with E-state index in [0.717, 1.165) is 19.3 Å². The van der Waals surface area contributed by atoms with E-state index in [0.29, 0.717) is 11.2 Å². The predicted octanol–water partition coefficient (Wildman–Crippen LogP) is 0.0727. The Hall–Kier alpha value is -2.94. The number of hydrogen-bond donors (Lipinski definition) is 3. The summed E-state index contributed by atoms with van der Waals surface area (Å²) in [5, 5.41) is 34.6. The topological polar surface area (TPSA) is 165 Å². The number of anilines is 1. The molecule has 1 aliphatic heterocycles. The van der Waals surface area contributed by atoms with Crippen LogP contribution in [0.25, 0.3) is 5.52 Å². The number of rotatable bonds is 4. The van der Waals surface area contributed by atoms with Gasteiger partial charge in [-0.2, -0.15) is 10.4 Å². The maximum atomic E-state index is 11.8. The SMILES string of the molecule is N#C[C@]1(COC(=O)OC2CCC2)O[C@@H](c2ccc3c(N)ncnn23)[C@H](O)[C@@H]1O. The number of aliphatic hydroxyl groups is 2. The number of hydrogen-bond acceptors (Lipinski definition) is 10. The lowest BCUT2D eigenvalue weighted by atomic mass is 9.96. The fraction of sp³-hybridized carbons (Fsp3) is 0.529. The van der Waals surface area contributed by atoms with Crippen LogP contribution in [-0.4, -0.2) is 61.5 Å². The van der Waals surface area contributed by atoms with Crippen LogP contribution in [0.1, 0.15) is 31.1 Å². The van der Waals surface area contributed by atoms with Gasteiger partial charge in [0, 0.05) is 0 Å². The maximum absolute atomic E-state index is 11.8. The zero-order valence-electron chi connectivity index (χ0n) is 14.8. The number of nitrogen functional groups attached to an aromatic ring is 1. The van der Waals surface area contributed by atoms with Gasteiger partial charge in [-0.15, -0.1) is 0 Å². The molecule has 4 atom stereocenters. The van der Waals surface area contributed by atoms with Crippen molar-refractivity contribution in [2.24, 2.45) is 0 Å². The zero-order valence-corrected chi connectivity index (χ0v) is 14.8. The van der Waals surface area contributed by atoms with Gasteiger partial charge in [-0.3, -0.25) is 0 Å². The van der Waals surface area contributed by atoms with Crippen LogP contribution in [0.4, 0.5) is 10.6 Å². The smallest absolute Gasteiger partial charge is 0.431 e. The van der Waals surface area contributed by atoms with Gasteiger partial charge in [-0.25, -0.2) is 14.3 Å². The van der Waals surface area contributed by atoms with E-state index in [9.17, 15) is 20.3 Å². The minimum atomic E-state index is -1.95. The average molecular weight is 389 g/mol. The summed E-state index contributed by atoms with van der Waals surface area (Å²) in [6.07, 6.45) is -1.55. The standard InChI is InChI=1S/C17H19N5O6/c18-6-17(7-26-16(25)27-9-2-1-3-9)14(24)12(23)13(28-17)10-4-5-11-15(19)20-8-21-22(10)11/h4-5,8-9,12-14,23-24H,1-3,7H2,(H2,19,20,21)/t12-,13-,14-,17+/m0/s1. The number of fused-ring (bicyclic) bond motifs is 1. The lowest BCUT2D eigenvalue weighted by Gasteiger charge is -2.27. The number of nitrogens with two attached hydrogens (primary N) is 1. The Kier molecular flexibility index (Phi) is 4.54. The van der Waals surface area contributed by atoms with Gasteiger partial charge in [0.15, 0.2) is 5.82 Å². The number of ether oxygens (including phenoxy) is 3. The Balaban J connectivity index is 1.54. The molecule has 148 valence electrons. The number of aromatic nitrogens is 3. The number of aliphatic hydroxyl groups excluding tert-OH is 2. The van der Waals surface area contributed by atoms with Crippen LogP contribution in [0.3, 0.4) is 0 Å². The quantitative estimate of drug-likeness (QED) is 0.609. The summed E-state index contributed by atoms with van der Waals surface area (Å²) in [5.74, 6) is 0.225. The number of nitrogens with zero attached hydrogens (tertiary/aromatic N) is 4. The molecule has 11 heteroatoms. The average Bonchev–Trinajstić information content (AvgIpc) is 3.19. The summed E-state index contributed by atoms with van der Waals surface area (Å²) in [5.41, 5.74) is 4.69. The van der Waals surface area contributed by atoms with E-state index in [2.05, 4.69) is 10.1 Å². The van der Waals surface area contributed by atoms with Gasteiger partial charge in [0.2, 0.25) is 5.60 Å². The summed E-state index contributed by atoms with van der Waals surface area (Å²) in [6, 6.07) is 5.04. The molecule has 0 radical (unpaired) electrons. The fourth-order valence-corrected chi connectivity index (χ4v) is 3.30. The van der Waals surface area contributed by atoms with E-state index in [1.54, 1.807) is 12.1 Å². The van der Waals surface area contributed by atoms with Crippen molar-refractivity contribution in [1.29, 1.82) is 5.26 Å². The minimum absolute atomic E-state index is 0.185. The molecule has 0 aromatic carbocycles. The first kappa shape index (κ1) is 18.4. The van der Waals surface area contributed by atoms with Gasteiger partial charge >= 0.3 is 6.16 Å². The summed E-state index contributed by atoms with van der Waals surface area (Å²) in [6.45, 7) is -0.593. The van der Waals surface area contributed by atoms with Gasteiger partial charge in [0.25, 0.3) is 0 Å². The molecule has 0 unspecified atom stereocenters. The molecule has 4 rings (SSSR count). The predicted molar refractivity (Wildman–Crippen MR) is 91.7 cm³/mol. The molecule has 1 aliphatic carbocycles. The molecule has 11 nitrogen and oxygen atoms in total. The number of carbonyl (C=O) groups excluding carboxylic acids is 1. The largest absolute Gasteiger partial charge is 0.508 e. The highest BCUT2D eigenvalue weighted by Crippen LogP contribution is 2.40. The Morgan fingerprint density at radius 3 is 2.93 bits per heavy atom. The molecular formula is C17H19N5O6. The molecule has 3 heterocycles. The highest BCUT2D eigenvalue weighted by Gasteiger charge is 2.57. The first-order valence-electron chi connectivity index (χ1n) is 8.82. The Bertz CT molecular complexity index is 938. The molecule has 28 heavy (non-hydrogen) atoms. The van der Waals surface area contributed by atoms with Crippen LogP contribution in [0.15, 0.2) is 18.5 Å². The molecular weight excluding hydrogens is 370 g/mol. The molecule has 0 spiro atoms. The van der Waals surface area contributed by atoms with Crippen molar-refractivity contribution in [3.63, 3.8) is 0 Å². The van der Waals surface area contributed by atoms with Crippen LogP contribution in [0.5, 0.6) is 0 Å². The van der Waals surface area contributed by atoms with Crippen molar-refractivity contribution in [2.75, 3.05) is 12.3 Å². The van der Waals surface area contributed by atoms with Crippen molar-refractivity contribution in [3.8, 4) is 6.07 Å². The van der Waals surface area contributed by atoms with Gasteiger partial charge in [0.1, 0.15) is 48.9 Å². The van der Waals surface area contributed by atoms with Crippen LogP contribution in [0, 0.1) is 11.3 Å². The number of nitriles is 1. The summed E-state index contributed by atoms with van der Waals surface area (Å²) < 4.78 is 17.1. The summed E-state index contributed by atoms with van der Waals surface area (Å²) in [4.78, 5) is 15.7. The first-order chi connectivity index (χ1) is 13.4.